The Balaban J connectivity index is 1.96. The molecule has 0 amide bonds. The highest BCUT2D eigenvalue weighted by Crippen LogP contribution is 2.36. The number of carbonyl (C=O) groups excluding carboxylic acids is 1. The lowest BCUT2D eigenvalue weighted by molar-refractivity contribution is 0.0850. The van der Waals surface area contributed by atoms with Crippen LogP contribution in [0, 0.1) is 0 Å². The molecule has 0 N–H and O–H groups in total. The summed E-state index contributed by atoms with van der Waals surface area (Å²) in [5.41, 5.74) is 1.60. The van der Waals surface area contributed by atoms with Gasteiger partial charge in [-0.25, -0.2) is 0 Å². The lowest BCUT2D eigenvalue weighted by Crippen LogP contribution is -2.20. The van der Waals surface area contributed by atoms with E-state index in [2.05, 4.69) is 15.9 Å². The Morgan fingerprint density at radius 1 is 1.21 bits per heavy atom. The maximum atomic E-state index is 12.1. The zero-order valence-electron chi connectivity index (χ0n) is 9.90. The summed E-state index contributed by atoms with van der Waals surface area (Å²) in [6, 6.07) is 12.9. The number of hydrogen-bond acceptors (Lipinski definition) is 2. The second-order valence-electron chi connectivity index (χ2n) is 4.40. The maximum absolute atomic E-state index is 12.1. The molecule has 0 saturated heterocycles. The average Bonchev–Trinajstić information content (AvgIpc) is 2.42. The van der Waals surface area contributed by atoms with Gasteiger partial charge in [0.15, 0.2) is 5.78 Å². The molecule has 1 aliphatic rings. The number of hydrogen-bond donors (Lipinski definition) is 0. The average molecular weight is 338 g/mol. The van der Waals surface area contributed by atoms with Gasteiger partial charge in [0, 0.05) is 4.47 Å². The Morgan fingerprint density at radius 2 is 2.00 bits per heavy atom. The van der Waals surface area contributed by atoms with E-state index in [1.807, 2.05) is 30.3 Å². The molecule has 2 aromatic carbocycles. The number of carbonyl (C=O) groups is 1. The van der Waals surface area contributed by atoms with Crippen molar-refractivity contribution in [2.24, 2.45) is 0 Å². The van der Waals surface area contributed by atoms with Crippen LogP contribution in [-0.2, 0) is 0 Å². The van der Waals surface area contributed by atoms with Crippen LogP contribution < -0.4 is 4.74 Å². The van der Waals surface area contributed by atoms with Crippen LogP contribution >= 0.6 is 27.5 Å². The van der Waals surface area contributed by atoms with Crippen molar-refractivity contribution < 1.29 is 9.53 Å². The van der Waals surface area contributed by atoms with E-state index in [1.165, 1.54) is 0 Å². The number of rotatable bonds is 1. The first-order valence-corrected chi connectivity index (χ1v) is 7.06. The van der Waals surface area contributed by atoms with Crippen LogP contribution in [0.1, 0.15) is 28.4 Å². The number of para-hydroxylation sites is 1. The number of ketones is 1. The fourth-order valence-corrected chi connectivity index (χ4v) is 2.69. The second-order valence-corrected chi connectivity index (χ2v) is 5.67. The van der Waals surface area contributed by atoms with Gasteiger partial charge in [0.25, 0.3) is 0 Å². The number of Topliss-reactive ketones (excluding diaryl/α,β-unsaturated/α-hetero) is 1. The van der Waals surface area contributed by atoms with Crippen molar-refractivity contribution in [3.05, 3.63) is 63.1 Å². The molecule has 2 nitrogen and oxygen atoms in total. The quantitative estimate of drug-likeness (QED) is 0.746. The molecular weight excluding hydrogens is 328 g/mol. The van der Waals surface area contributed by atoms with Crippen LogP contribution in [0.2, 0.25) is 5.02 Å². The molecule has 3 rings (SSSR count). The smallest absolute Gasteiger partial charge is 0.170 e. The number of ether oxygens (including phenoxy) is 1. The van der Waals surface area contributed by atoms with E-state index in [4.69, 9.17) is 16.3 Å². The van der Waals surface area contributed by atoms with Crippen molar-refractivity contribution in [3.8, 4) is 5.75 Å². The summed E-state index contributed by atoms with van der Waals surface area (Å²) < 4.78 is 6.71. The van der Waals surface area contributed by atoms with Crippen molar-refractivity contribution in [3.63, 3.8) is 0 Å². The highest BCUT2D eigenvalue weighted by atomic mass is 79.9. The number of benzene rings is 2. The van der Waals surface area contributed by atoms with Gasteiger partial charge in [-0.05, 0) is 45.8 Å². The minimum atomic E-state index is -0.254. The first-order valence-electron chi connectivity index (χ1n) is 5.89. The van der Waals surface area contributed by atoms with Crippen molar-refractivity contribution in [1.29, 1.82) is 0 Å². The van der Waals surface area contributed by atoms with Gasteiger partial charge in [0.05, 0.1) is 17.0 Å². The molecule has 1 atom stereocenters. The Hall–Kier alpha value is -1.32. The summed E-state index contributed by atoms with van der Waals surface area (Å²) in [7, 11) is 0. The molecule has 1 aliphatic heterocycles. The molecule has 0 fully saturated rings. The summed E-state index contributed by atoms with van der Waals surface area (Å²) >= 11 is 9.36. The fraction of sp³-hybridized carbons (Fsp3) is 0.133. The van der Waals surface area contributed by atoms with Gasteiger partial charge in [0.2, 0.25) is 0 Å². The van der Waals surface area contributed by atoms with E-state index < -0.39 is 0 Å². The van der Waals surface area contributed by atoms with Gasteiger partial charge in [-0.3, -0.25) is 4.79 Å². The van der Waals surface area contributed by atoms with Gasteiger partial charge >= 0.3 is 0 Å². The third-order valence-electron chi connectivity index (χ3n) is 3.14. The molecule has 1 heterocycles. The van der Waals surface area contributed by atoms with Crippen LogP contribution in [0.25, 0.3) is 0 Å². The van der Waals surface area contributed by atoms with Crippen LogP contribution in [0.3, 0.4) is 0 Å². The Bertz CT molecular complexity index is 654. The molecule has 0 saturated carbocycles. The first kappa shape index (κ1) is 12.7. The third kappa shape index (κ3) is 2.40. The van der Waals surface area contributed by atoms with Crippen LogP contribution in [0.15, 0.2) is 46.9 Å². The lowest BCUT2D eigenvalue weighted by atomic mass is 9.96. The predicted octanol–water partition coefficient (Wildman–Crippen LogP) is 4.81. The Kier molecular flexibility index (Phi) is 3.33. The highest BCUT2D eigenvalue weighted by Gasteiger charge is 2.27. The third-order valence-corrected chi connectivity index (χ3v) is 4.36. The van der Waals surface area contributed by atoms with E-state index in [9.17, 15) is 4.79 Å². The van der Waals surface area contributed by atoms with E-state index in [1.54, 1.807) is 12.1 Å². The van der Waals surface area contributed by atoms with Gasteiger partial charge in [-0.2, -0.15) is 0 Å². The van der Waals surface area contributed by atoms with E-state index >= 15 is 0 Å². The van der Waals surface area contributed by atoms with Crippen molar-refractivity contribution >= 4 is 33.3 Å². The molecular formula is C15H10BrClO2. The van der Waals surface area contributed by atoms with Gasteiger partial charge in [0.1, 0.15) is 11.9 Å². The van der Waals surface area contributed by atoms with E-state index in [0.29, 0.717) is 22.8 Å². The van der Waals surface area contributed by atoms with Gasteiger partial charge < -0.3 is 4.74 Å². The first-order chi connectivity index (χ1) is 9.15. The Labute approximate surface area is 124 Å². The highest BCUT2D eigenvalue weighted by molar-refractivity contribution is 9.10. The molecule has 2 aromatic rings. The molecule has 19 heavy (non-hydrogen) atoms. The zero-order chi connectivity index (χ0) is 13.4. The summed E-state index contributed by atoms with van der Waals surface area (Å²) in [5.74, 6) is 0.757. The SMILES string of the molecule is O=C1CC(c2ccc(Cl)c(Br)c2)Oc2ccccc21. The maximum Gasteiger partial charge on any atom is 0.170 e. The zero-order valence-corrected chi connectivity index (χ0v) is 12.2. The monoisotopic (exact) mass is 336 g/mol. The van der Waals surface area contributed by atoms with Crippen LogP contribution in [-0.4, -0.2) is 5.78 Å². The Morgan fingerprint density at radius 3 is 2.79 bits per heavy atom. The topological polar surface area (TPSA) is 26.3 Å². The molecule has 0 aliphatic carbocycles. The molecule has 0 aromatic heterocycles. The lowest BCUT2D eigenvalue weighted by Gasteiger charge is -2.25. The minimum absolute atomic E-state index is 0.109. The molecule has 0 bridgehead atoms. The van der Waals surface area contributed by atoms with Crippen molar-refractivity contribution in [2.75, 3.05) is 0 Å². The summed E-state index contributed by atoms with van der Waals surface area (Å²) in [4.78, 5) is 12.1. The number of halogens is 2. The van der Waals surface area contributed by atoms with E-state index in [-0.39, 0.29) is 11.9 Å². The molecule has 1 unspecified atom stereocenters. The van der Waals surface area contributed by atoms with E-state index in [0.717, 1.165) is 10.0 Å². The standard InChI is InChI=1S/C15H10BrClO2/c16-11-7-9(5-6-12(11)17)15-8-13(18)10-3-1-2-4-14(10)19-15/h1-7,15H,8H2. The predicted molar refractivity (Wildman–Crippen MR) is 77.9 cm³/mol. The minimum Gasteiger partial charge on any atom is -0.484 e. The normalized spacial score (nSPS) is 17.8. The summed E-state index contributed by atoms with van der Waals surface area (Å²) in [5, 5.41) is 0.645. The van der Waals surface area contributed by atoms with Crippen molar-refractivity contribution in [1.82, 2.24) is 0 Å². The molecule has 96 valence electrons. The largest absolute Gasteiger partial charge is 0.484 e. The van der Waals surface area contributed by atoms with Gasteiger partial charge in [-0.1, -0.05) is 29.8 Å². The van der Waals surface area contributed by atoms with Gasteiger partial charge in [-0.15, -0.1) is 0 Å². The summed E-state index contributed by atoms with van der Waals surface area (Å²) in [6.07, 6.45) is 0.0985. The number of fused-ring (bicyclic) bond motifs is 1. The van der Waals surface area contributed by atoms with Crippen LogP contribution in [0.4, 0.5) is 0 Å². The van der Waals surface area contributed by atoms with Crippen LogP contribution in [0.5, 0.6) is 5.75 Å². The molecule has 0 radical (unpaired) electrons. The molecule has 4 heteroatoms. The second kappa shape index (κ2) is 4.99. The molecule has 0 spiro atoms. The fourth-order valence-electron chi connectivity index (χ4n) is 2.17. The van der Waals surface area contributed by atoms with Crippen molar-refractivity contribution in [2.45, 2.75) is 12.5 Å². The summed E-state index contributed by atoms with van der Waals surface area (Å²) in [6.45, 7) is 0.